The van der Waals surface area contributed by atoms with Gasteiger partial charge in [-0.15, -0.1) is 6.58 Å². The van der Waals surface area contributed by atoms with Crippen LogP contribution < -0.4 is 0 Å². The lowest BCUT2D eigenvalue weighted by Gasteiger charge is -1.97. The molecule has 1 aromatic heterocycles. The largest absolute Gasteiger partial charge is 0.296 e. The molecule has 0 saturated heterocycles. The normalized spacial score (nSPS) is 10.0. The average molecular weight is 212 g/mol. The van der Waals surface area contributed by atoms with Crippen LogP contribution in [0.5, 0.6) is 0 Å². The second-order valence-electron chi connectivity index (χ2n) is 3.41. The zero-order chi connectivity index (χ0) is 11.4. The van der Waals surface area contributed by atoms with E-state index in [1.54, 1.807) is 16.8 Å². The molecule has 80 valence electrons. The van der Waals surface area contributed by atoms with Crippen molar-refractivity contribution >= 4 is 6.29 Å². The van der Waals surface area contributed by atoms with Gasteiger partial charge in [0.1, 0.15) is 5.69 Å². The fourth-order valence-electron chi connectivity index (χ4n) is 1.54. The summed E-state index contributed by atoms with van der Waals surface area (Å²) in [7, 11) is 0. The summed E-state index contributed by atoms with van der Waals surface area (Å²) in [6.45, 7) is 4.18. The van der Waals surface area contributed by atoms with Crippen molar-refractivity contribution < 1.29 is 4.79 Å². The van der Waals surface area contributed by atoms with Crippen molar-refractivity contribution in [1.29, 1.82) is 0 Å². The molecule has 0 spiro atoms. The van der Waals surface area contributed by atoms with Crippen molar-refractivity contribution in [2.45, 2.75) is 6.54 Å². The molecular formula is C13H12N2O. The minimum atomic E-state index is 0.543. The van der Waals surface area contributed by atoms with Gasteiger partial charge in [0.05, 0.1) is 12.2 Å². The topological polar surface area (TPSA) is 34.9 Å². The summed E-state index contributed by atoms with van der Waals surface area (Å²) in [4.78, 5) is 10.9. The molecule has 3 heteroatoms. The minimum Gasteiger partial charge on any atom is -0.296 e. The molecule has 16 heavy (non-hydrogen) atoms. The van der Waals surface area contributed by atoms with E-state index in [2.05, 4.69) is 11.7 Å². The highest BCUT2D eigenvalue weighted by Gasteiger charge is 2.07. The highest BCUT2D eigenvalue weighted by molar-refractivity contribution is 5.75. The number of hydrogen-bond acceptors (Lipinski definition) is 2. The molecule has 0 saturated carbocycles. The first-order valence-corrected chi connectivity index (χ1v) is 5.04. The van der Waals surface area contributed by atoms with E-state index in [9.17, 15) is 4.79 Å². The Morgan fingerprint density at radius 3 is 2.69 bits per heavy atom. The van der Waals surface area contributed by atoms with Crippen LogP contribution in [0.1, 0.15) is 10.5 Å². The highest BCUT2D eigenvalue weighted by atomic mass is 16.1. The maximum absolute atomic E-state index is 10.9. The molecule has 0 amide bonds. The van der Waals surface area contributed by atoms with Crippen molar-refractivity contribution in [2.24, 2.45) is 0 Å². The van der Waals surface area contributed by atoms with E-state index in [4.69, 9.17) is 0 Å². The van der Waals surface area contributed by atoms with Crippen molar-refractivity contribution in [1.82, 2.24) is 9.78 Å². The smallest absolute Gasteiger partial charge is 0.168 e. The Labute approximate surface area is 94.0 Å². The first-order chi connectivity index (χ1) is 7.85. The Hall–Kier alpha value is -2.16. The third-order valence-corrected chi connectivity index (χ3v) is 2.30. The molecule has 0 N–H and O–H groups in total. The van der Waals surface area contributed by atoms with E-state index in [1.165, 1.54) is 0 Å². The summed E-state index contributed by atoms with van der Waals surface area (Å²) in [5.74, 6) is 0. The lowest BCUT2D eigenvalue weighted by molar-refractivity contribution is 0.111. The average Bonchev–Trinajstić information content (AvgIpc) is 2.74. The van der Waals surface area contributed by atoms with Gasteiger partial charge in [-0.25, -0.2) is 0 Å². The molecule has 0 fully saturated rings. The predicted octanol–water partition coefficient (Wildman–Crippen LogP) is 2.55. The lowest BCUT2D eigenvalue weighted by atomic mass is 10.1. The second-order valence-corrected chi connectivity index (χ2v) is 3.41. The summed E-state index contributed by atoms with van der Waals surface area (Å²) in [5, 5.41) is 4.36. The Kier molecular flexibility index (Phi) is 2.96. The third-order valence-electron chi connectivity index (χ3n) is 2.30. The highest BCUT2D eigenvalue weighted by Crippen LogP contribution is 2.17. The van der Waals surface area contributed by atoms with Gasteiger partial charge in [0.15, 0.2) is 6.29 Å². The van der Waals surface area contributed by atoms with E-state index in [0.29, 0.717) is 12.2 Å². The first-order valence-electron chi connectivity index (χ1n) is 5.04. The van der Waals surface area contributed by atoms with E-state index in [1.807, 2.05) is 30.3 Å². The predicted molar refractivity (Wildman–Crippen MR) is 63.2 cm³/mol. The lowest BCUT2D eigenvalue weighted by Crippen LogP contribution is -2.01. The Morgan fingerprint density at radius 2 is 2.06 bits per heavy atom. The van der Waals surface area contributed by atoms with E-state index in [0.717, 1.165) is 17.5 Å². The second kappa shape index (κ2) is 4.57. The fourth-order valence-corrected chi connectivity index (χ4v) is 1.54. The standard InChI is InChI=1S/C13H12N2O/c1-2-8-15-12(10-16)9-13(14-15)11-6-4-3-5-7-11/h2-7,9-10H,1,8H2. The third kappa shape index (κ3) is 1.93. The van der Waals surface area contributed by atoms with Crippen molar-refractivity contribution in [3.05, 3.63) is 54.7 Å². The zero-order valence-electron chi connectivity index (χ0n) is 8.84. The van der Waals surface area contributed by atoms with Crippen molar-refractivity contribution in [2.75, 3.05) is 0 Å². The van der Waals surface area contributed by atoms with Gasteiger partial charge in [0.2, 0.25) is 0 Å². The van der Waals surface area contributed by atoms with Crippen LogP contribution in [0.2, 0.25) is 0 Å². The van der Waals surface area contributed by atoms with Crippen LogP contribution in [-0.2, 0) is 6.54 Å². The molecule has 2 aromatic rings. The van der Waals surface area contributed by atoms with Crippen LogP contribution in [0, 0.1) is 0 Å². The van der Waals surface area contributed by atoms with Gasteiger partial charge in [-0.05, 0) is 6.07 Å². The first kappa shape index (κ1) is 10.4. The number of hydrogen-bond donors (Lipinski definition) is 0. The molecule has 0 radical (unpaired) electrons. The number of nitrogens with zero attached hydrogens (tertiary/aromatic N) is 2. The number of benzene rings is 1. The quantitative estimate of drug-likeness (QED) is 0.576. The Morgan fingerprint density at radius 1 is 1.31 bits per heavy atom. The van der Waals surface area contributed by atoms with Crippen molar-refractivity contribution in [3.8, 4) is 11.3 Å². The SMILES string of the molecule is C=CCn1nc(-c2ccccc2)cc1C=O. The number of carbonyl (C=O) groups excluding carboxylic acids is 1. The van der Waals surface area contributed by atoms with Crippen molar-refractivity contribution in [3.63, 3.8) is 0 Å². The molecular weight excluding hydrogens is 200 g/mol. The van der Waals surface area contributed by atoms with E-state index in [-0.39, 0.29) is 0 Å². The zero-order valence-corrected chi connectivity index (χ0v) is 8.84. The summed E-state index contributed by atoms with van der Waals surface area (Å²) < 4.78 is 1.64. The molecule has 0 aliphatic heterocycles. The number of aldehydes is 1. The monoisotopic (exact) mass is 212 g/mol. The molecule has 0 aliphatic carbocycles. The number of allylic oxidation sites excluding steroid dienone is 1. The van der Waals surface area contributed by atoms with Crippen LogP contribution in [0.15, 0.2) is 49.1 Å². The van der Waals surface area contributed by atoms with Crippen LogP contribution in [0.25, 0.3) is 11.3 Å². The number of rotatable bonds is 4. The van der Waals surface area contributed by atoms with Gasteiger partial charge < -0.3 is 0 Å². The number of aromatic nitrogens is 2. The molecule has 0 aliphatic rings. The molecule has 1 heterocycles. The van der Waals surface area contributed by atoms with Crippen LogP contribution in [-0.4, -0.2) is 16.1 Å². The summed E-state index contributed by atoms with van der Waals surface area (Å²) >= 11 is 0. The van der Waals surface area contributed by atoms with Gasteiger partial charge in [0, 0.05) is 5.56 Å². The molecule has 3 nitrogen and oxygen atoms in total. The molecule has 2 rings (SSSR count). The van der Waals surface area contributed by atoms with Gasteiger partial charge in [0.25, 0.3) is 0 Å². The van der Waals surface area contributed by atoms with Crippen LogP contribution in [0.4, 0.5) is 0 Å². The molecule has 0 unspecified atom stereocenters. The maximum Gasteiger partial charge on any atom is 0.168 e. The Bertz CT molecular complexity index is 500. The maximum atomic E-state index is 10.9. The van der Waals surface area contributed by atoms with Gasteiger partial charge in [-0.3, -0.25) is 9.48 Å². The summed E-state index contributed by atoms with van der Waals surface area (Å²) in [5.41, 5.74) is 2.39. The van der Waals surface area contributed by atoms with Gasteiger partial charge in [-0.2, -0.15) is 5.10 Å². The summed E-state index contributed by atoms with van der Waals surface area (Å²) in [6.07, 6.45) is 2.53. The van der Waals surface area contributed by atoms with Crippen LogP contribution >= 0.6 is 0 Å². The minimum absolute atomic E-state index is 0.543. The Balaban J connectivity index is 2.43. The number of carbonyl (C=O) groups is 1. The molecule has 0 atom stereocenters. The molecule has 1 aromatic carbocycles. The van der Waals surface area contributed by atoms with E-state index < -0.39 is 0 Å². The van der Waals surface area contributed by atoms with E-state index >= 15 is 0 Å². The van der Waals surface area contributed by atoms with Crippen LogP contribution in [0.3, 0.4) is 0 Å². The molecule has 0 bridgehead atoms. The fraction of sp³-hybridized carbons (Fsp3) is 0.0769. The van der Waals surface area contributed by atoms with Gasteiger partial charge >= 0.3 is 0 Å². The summed E-state index contributed by atoms with van der Waals surface area (Å²) in [6, 6.07) is 11.6. The van der Waals surface area contributed by atoms with Gasteiger partial charge in [-0.1, -0.05) is 36.4 Å².